The van der Waals surface area contributed by atoms with Gasteiger partial charge in [-0.15, -0.1) is 0 Å². The molecule has 3 aromatic rings. The fraction of sp³-hybridized carbons (Fsp3) is 0.529. The van der Waals surface area contributed by atoms with Gasteiger partial charge in [0.05, 0.1) is 11.7 Å². The zero-order valence-corrected chi connectivity index (χ0v) is 29.0. The summed E-state index contributed by atoms with van der Waals surface area (Å²) in [5.74, 6) is 1.60. The quantitative estimate of drug-likeness (QED) is 0.267. The first-order valence-electron chi connectivity index (χ1n) is 15.0. The molecule has 1 aromatic heterocycles. The number of hydrogen-bond acceptors (Lipinski definition) is 8. The van der Waals surface area contributed by atoms with Crippen molar-refractivity contribution in [3.8, 4) is 17.1 Å². The summed E-state index contributed by atoms with van der Waals surface area (Å²) in [4.78, 5) is 12.9. The average Bonchev–Trinajstić information content (AvgIpc) is 2.95. The maximum absolute atomic E-state index is 9.54. The van der Waals surface area contributed by atoms with Gasteiger partial charge in [-0.25, -0.2) is 4.98 Å². The van der Waals surface area contributed by atoms with Gasteiger partial charge in [-0.05, 0) is 80.1 Å². The Morgan fingerprint density at radius 2 is 1.71 bits per heavy atom. The van der Waals surface area contributed by atoms with E-state index in [9.17, 15) is 5.11 Å². The number of ether oxygens (including phenoxy) is 1. The number of nitrogens with one attached hydrogen (secondary N) is 1. The second-order valence-electron chi connectivity index (χ2n) is 11.6. The molecule has 42 heavy (non-hydrogen) atoms. The van der Waals surface area contributed by atoms with Gasteiger partial charge in [-0.1, -0.05) is 72.7 Å². The number of aliphatic hydroxyl groups excluding tert-OH is 1. The zero-order valence-electron chi connectivity index (χ0n) is 27.3. The van der Waals surface area contributed by atoms with Gasteiger partial charge in [0.25, 0.3) is 0 Å². The molecule has 0 saturated heterocycles. The number of rotatable bonds is 6. The third kappa shape index (κ3) is 11.3. The highest BCUT2D eigenvalue weighted by atomic mass is 32.2. The number of fused-ring (bicyclic) bond motifs is 4. The highest BCUT2D eigenvalue weighted by Gasteiger charge is 2.23. The normalized spacial score (nSPS) is 14.7. The van der Waals surface area contributed by atoms with Crippen molar-refractivity contribution in [3.05, 3.63) is 59.7 Å². The molecular formula is C34H52N4O2S2. The van der Waals surface area contributed by atoms with E-state index in [-0.39, 0.29) is 12.6 Å². The van der Waals surface area contributed by atoms with Gasteiger partial charge in [0, 0.05) is 40.1 Å². The van der Waals surface area contributed by atoms with E-state index in [1.165, 1.54) is 23.1 Å². The second kappa shape index (κ2) is 17.6. The first-order valence-corrected chi connectivity index (χ1v) is 17.1. The molecule has 0 radical (unpaired) electrons. The molecule has 1 unspecified atom stereocenters. The molecule has 1 atom stereocenters. The SMILES string of the molecule is CC.CSC(C)(C)C.Cc1cccc(C)c1-c1cc2nc(n1)NSc1cccc(c1)N(CCCO)C(CC(C)C)CO2. The van der Waals surface area contributed by atoms with E-state index in [4.69, 9.17) is 9.72 Å². The molecule has 6 nitrogen and oxygen atoms in total. The van der Waals surface area contributed by atoms with Gasteiger partial charge in [-0.3, -0.25) is 4.72 Å². The lowest BCUT2D eigenvalue weighted by Crippen LogP contribution is -2.41. The number of aromatic nitrogens is 2. The molecule has 0 saturated carbocycles. The van der Waals surface area contributed by atoms with Crippen molar-refractivity contribution < 1.29 is 9.84 Å². The van der Waals surface area contributed by atoms with Crippen molar-refractivity contribution in [3.63, 3.8) is 0 Å². The molecule has 4 bridgehead atoms. The smallest absolute Gasteiger partial charge is 0.237 e. The number of aliphatic hydroxyl groups is 1. The maximum atomic E-state index is 9.54. The van der Waals surface area contributed by atoms with Crippen LogP contribution in [0.25, 0.3) is 11.3 Å². The first-order chi connectivity index (χ1) is 20.0. The fourth-order valence-electron chi connectivity index (χ4n) is 4.50. The van der Waals surface area contributed by atoms with Crippen molar-refractivity contribution in [1.29, 1.82) is 0 Å². The number of benzene rings is 2. The number of anilines is 2. The highest BCUT2D eigenvalue weighted by molar-refractivity contribution is 8.00. The predicted molar refractivity (Wildman–Crippen MR) is 185 cm³/mol. The minimum atomic E-state index is 0.154. The molecule has 2 aromatic carbocycles. The summed E-state index contributed by atoms with van der Waals surface area (Å²) in [5.41, 5.74) is 5.44. The summed E-state index contributed by atoms with van der Waals surface area (Å²) < 4.78 is 10.1. The topological polar surface area (TPSA) is 70.5 Å². The van der Waals surface area contributed by atoms with Crippen LogP contribution in [0.5, 0.6) is 5.88 Å². The Kier molecular flexibility index (Phi) is 15.0. The standard InChI is InChI=1S/C27H34N4O2S.C5H12S.C2H6/c1-18(2)14-22-17-33-25-16-24(26-19(3)8-5-9-20(26)4)28-27(29-25)30-34-23-11-6-10-21(15-23)31(22)12-7-13-32;1-5(2,3)6-4;1-2/h5-6,8-11,15-16,18,22,32H,7,12-14,17H2,1-4H3,(H,28,29,30);1-4H3;1-2H3. The Hall–Kier alpha value is -2.42. The zero-order chi connectivity index (χ0) is 31.3. The van der Waals surface area contributed by atoms with E-state index < -0.39 is 0 Å². The van der Waals surface area contributed by atoms with Crippen molar-refractivity contribution in [2.45, 2.75) is 90.8 Å². The molecular weight excluding hydrogens is 561 g/mol. The number of aryl methyl sites for hydroxylation is 2. The van der Waals surface area contributed by atoms with E-state index in [0.717, 1.165) is 34.8 Å². The van der Waals surface area contributed by atoms with E-state index >= 15 is 0 Å². The largest absolute Gasteiger partial charge is 0.475 e. The number of hydrogen-bond donors (Lipinski definition) is 2. The monoisotopic (exact) mass is 612 g/mol. The Labute approximate surface area is 263 Å². The molecule has 0 aliphatic carbocycles. The summed E-state index contributed by atoms with van der Waals surface area (Å²) in [6, 6.07) is 16.9. The first kappa shape index (κ1) is 35.8. The molecule has 1 aliphatic heterocycles. The summed E-state index contributed by atoms with van der Waals surface area (Å²) in [5, 5.41) is 9.54. The van der Waals surface area contributed by atoms with Crippen LogP contribution in [0, 0.1) is 19.8 Å². The minimum absolute atomic E-state index is 0.154. The van der Waals surface area contributed by atoms with Gasteiger partial charge >= 0.3 is 0 Å². The van der Waals surface area contributed by atoms with E-state index in [0.29, 0.717) is 35.5 Å². The van der Waals surface area contributed by atoms with E-state index in [2.05, 4.69) is 112 Å². The Morgan fingerprint density at radius 3 is 2.31 bits per heavy atom. The van der Waals surface area contributed by atoms with E-state index in [1.54, 1.807) is 0 Å². The second-order valence-corrected chi connectivity index (χ2v) is 14.1. The summed E-state index contributed by atoms with van der Waals surface area (Å²) in [6.45, 7) is 20.7. The number of thioether (sulfide) groups is 1. The maximum Gasteiger partial charge on any atom is 0.237 e. The van der Waals surface area contributed by atoms with E-state index in [1.807, 2.05) is 31.7 Å². The molecule has 0 spiro atoms. The van der Waals surface area contributed by atoms with Gasteiger partial charge in [0.2, 0.25) is 11.8 Å². The van der Waals surface area contributed by atoms with Crippen molar-refractivity contribution >= 4 is 35.3 Å². The Balaban J connectivity index is 0.000000686. The molecule has 232 valence electrons. The predicted octanol–water partition coefficient (Wildman–Crippen LogP) is 9.05. The van der Waals surface area contributed by atoms with Crippen molar-refractivity contribution in [2.75, 3.05) is 35.6 Å². The minimum Gasteiger partial charge on any atom is -0.475 e. The van der Waals surface area contributed by atoms with Gasteiger partial charge in [0.1, 0.15) is 6.61 Å². The van der Waals surface area contributed by atoms with Crippen LogP contribution in [-0.4, -0.2) is 51.9 Å². The molecule has 1 aliphatic rings. The molecule has 2 heterocycles. The van der Waals surface area contributed by atoms with Gasteiger partial charge < -0.3 is 14.7 Å². The summed E-state index contributed by atoms with van der Waals surface area (Å²) in [7, 11) is 0. The Morgan fingerprint density at radius 1 is 1.07 bits per heavy atom. The van der Waals surface area contributed by atoms with Crippen LogP contribution >= 0.6 is 23.7 Å². The number of nitrogens with zero attached hydrogens (tertiary/aromatic N) is 3. The molecule has 2 N–H and O–H groups in total. The van der Waals surface area contributed by atoms with Crippen LogP contribution in [0.4, 0.5) is 11.6 Å². The van der Waals surface area contributed by atoms with Gasteiger partial charge in [0.15, 0.2) is 0 Å². The van der Waals surface area contributed by atoms with Crippen LogP contribution in [0.1, 0.15) is 72.4 Å². The average molecular weight is 613 g/mol. The Bertz CT molecular complexity index is 1210. The lowest BCUT2D eigenvalue weighted by Gasteiger charge is -2.35. The molecule has 8 heteroatoms. The molecule has 4 rings (SSSR count). The summed E-state index contributed by atoms with van der Waals surface area (Å²) in [6.07, 6.45) is 3.81. The fourth-order valence-corrected chi connectivity index (χ4v) is 5.12. The molecule has 0 fully saturated rings. The van der Waals surface area contributed by atoms with Crippen LogP contribution in [0.15, 0.2) is 53.4 Å². The van der Waals surface area contributed by atoms with Crippen LogP contribution in [0.3, 0.4) is 0 Å². The molecule has 0 amide bonds. The third-order valence-corrected chi connectivity index (χ3v) is 8.63. The van der Waals surface area contributed by atoms with Crippen LogP contribution in [-0.2, 0) is 0 Å². The lowest BCUT2D eigenvalue weighted by atomic mass is 10.00. The lowest BCUT2D eigenvalue weighted by molar-refractivity contribution is 0.247. The van der Waals surface area contributed by atoms with Crippen molar-refractivity contribution in [2.24, 2.45) is 5.92 Å². The van der Waals surface area contributed by atoms with Gasteiger partial charge in [-0.2, -0.15) is 16.7 Å². The summed E-state index contributed by atoms with van der Waals surface area (Å²) >= 11 is 3.37. The highest BCUT2D eigenvalue weighted by Crippen LogP contribution is 2.32. The third-order valence-electron chi connectivity index (χ3n) is 6.63. The van der Waals surface area contributed by atoms with Crippen molar-refractivity contribution in [1.82, 2.24) is 9.97 Å². The van der Waals surface area contributed by atoms with Crippen LogP contribution in [0.2, 0.25) is 0 Å². The van der Waals surface area contributed by atoms with Crippen LogP contribution < -0.4 is 14.4 Å².